The molecule has 0 heterocycles. The van der Waals surface area contributed by atoms with Crippen LogP contribution in [0.2, 0.25) is 0 Å². The Kier molecular flexibility index (Phi) is 3.80. The summed E-state index contributed by atoms with van der Waals surface area (Å²) in [5.74, 6) is 1.38. The predicted molar refractivity (Wildman–Crippen MR) is 69.4 cm³/mol. The van der Waals surface area contributed by atoms with Gasteiger partial charge >= 0.3 is 0 Å². The summed E-state index contributed by atoms with van der Waals surface area (Å²) in [6.07, 6.45) is 4.47. The summed E-state index contributed by atoms with van der Waals surface area (Å²) in [6.45, 7) is 1.73. The molecule has 16 heavy (non-hydrogen) atoms. The number of carbonyl (C=O) groups is 1. The van der Waals surface area contributed by atoms with Gasteiger partial charge in [-0.25, -0.2) is 0 Å². The van der Waals surface area contributed by atoms with Crippen LogP contribution in [0.4, 0.5) is 0 Å². The molecule has 1 aromatic rings. The zero-order valence-corrected chi connectivity index (χ0v) is 11.2. The van der Waals surface area contributed by atoms with E-state index in [1.54, 1.807) is 6.92 Å². The molecule has 1 saturated carbocycles. The van der Waals surface area contributed by atoms with Crippen molar-refractivity contribution in [3.8, 4) is 0 Å². The average molecular weight is 281 g/mol. The second-order valence-corrected chi connectivity index (χ2v) is 5.64. The third-order valence-electron chi connectivity index (χ3n) is 3.58. The number of carbonyl (C=O) groups excluding carboxylic acids is 1. The lowest BCUT2D eigenvalue weighted by Gasteiger charge is -2.11. The summed E-state index contributed by atoms with van der Waals surface area (Å²) in [5.41, 5.74) is 1.37. The zero-order chi connectivity index (χ0) is 11.5. The smallest absolute Gasteiger partial charge is 0.132 e. The Morgan fingerprint density at radius 2 is 2.12 bits per heavy atom. The molecule has 0 amide bonds. The van der Waals surface area contributed by atoms with Gasteiger partial charge in [-0.1, -0.05) is 34.1 Å². The van der Waals surface area contributed by atoms with Gasteiger partial charge in [-0.2, -0.15) is 0 Å². The molecule has 2 atom stereocenters. The maximum absolute atomic E-state index is 11.3. The molecule has 1 aromatic carbocycles. The Labute approximate surface area is 105 Å². The van der Waals surface area contributed by atoms with Gasteiger partial charge in [-0.05, 0) is 50.2 Å². The van der Waals surface area contributed by atoms with E-state index in [4.69, 9.17) is 0 Å². The van der Waals surface area contributed by atoms with Crippen LogP contribution in [-0.4, -0.2) is 5.78 Å². The first-order valence-corrected chi connectivity index (χ1v) is 6.70. The molecule has 0 spiro atoms. The molecule has 0 N–H and O–H groups in total. The Morgan fingerprint density at radius 1 is 1.38 bits per heavy atom. The fourth-order valence-electron chi connectivity index (χ4n) is 2.60. The van der Waals surface area contributed by atoms with Crippen LogP contribution in [0.25, 0.3) is 0 Å². The predicted octanol–water partition coefficient (Wildman–Crippen LogP) is 4.00. The van der Waals surface area contributed by atoms with Crippen molar-refractivity contribution < 1.29 is 4.79 Å². The van der Waals surface area contributed by atoms with Crippen LogP contribution >= 0.6 is 15.9 Å². The summed E-state index contributed by atoms with van der Waals surface area (Å²) in [4.78, 5) is 11.3. The van der Waals surface area contributed by atoms with Crippen molar-refractivity contribution in [3.05, 3.63) is 34.3 Å². The van der Waals surface area contributed by atoms with Crippen molar-refractivity contribution in [2.75, 3.05) is 0 Å². The average Bonchev–Trinajstić information content (AvgIpc) is 2.70. The van der Waals surface area contributed by atoms with E-state index >= 15 is 0 Å². The maximum atomic E-state index is 11.3. The van der Waals surface area contributed by atoms with Gasteiger partial charge < -0.3 is 0 Å². The molecular weight excluding hydrogens is 264 g/mol. The van der Waals surface area contributed by atoms with Gasteiger partial charge in [0.1, 0.15) is 5.78 Å². The van der Waals surface area contributed by atoms with Crippen LogP contribution in [0, 0.1) is 11.8 Å². The van der Waals surface area contributed by atoms with Crippen LogP contribution in [0.3, 0.4) is 0 Å². The summed E-state index contributed by atoms with van der Waals surface area (Å²) in [7, 11) is 0. The lowest BCUT2D eigenvalue weighted by Crippen LogP contribution is -2.07. The van der Waals surface area contributed by atoms with E-state index in [0.717, 1.165) is 19.3 Å². The van der Waals surface area contributed by atoms with E-state index in [2.05, 4.69) is 34.1 Å². The van der Waals surface area contributed by atoms with Gasteiger partial charge in [0.05, 0.1) is 0 Å². The largest absolute Gasteiger partial charge is 0.300 e. The number of hydrogen-bond donors (Lipinski definition) is 0. The fraction of sp³-hybridized carbons (Fsp3) is 0.500. The van der Waals surface area contributed by atoms with E-state index in [0.29, 0.717) is 17.6 Å². The van der Waals surface area contributed by atoms with Crippen molar-refractivity contribution >= 4 is 21.7 Å². The first-order chi connectivity index (χ1) is 7.66. The highest BCUT2D eigenvalue weighted by atomic mass is 79.9. The molecule has 0 bridgehead atoms. The molecule has 2 rings (SSSR count). The van der Waals surface area contributed by atoms with Gasteiger partial charge in [0.15, 0.2) is 0 Å². The Morgan fingerprint density at radius 3 is 2.75 bits per heavy atom. The highest BCUT2D eigenvalue weighted by Gasteiger charge is 2.27. The highest BCUT2D eigenvalue weighted by Crippen LogP contribution is 2.34. The molecule has 0 saturated heterocycles. The molecule has 0 radical (unpaired) electrons. The molecule has 86 valence electrons. The second kappa shape index (κ2) is 5.13. The summed E-state index contributed by atoms with van der Waals surface area (Å²) in [5, 5.41) is 0. The maximum Gasteiger partial charge on any atom is 0.132 e. The topological polar surface area (TPSA) is 17.1 Å². The summed E-state index contributed by atoms with van der Waals surface area (Å²) in [6, 6.07) is 8.38. The summed E-state index contributed by atoms with van der Waals surface area (Å²) < 4.78 is 1.20. The number of rotatable bonds is 3. The van der Waals surface area contributed by atoms with Crippen molar-refractivity contribution in [2.45, 2.75) is 32.6 Å². The van der Waals surface area contributed by atoms with Crippen molar-refractivity contribution in [1.29, 1.82) is 0 Å². The number of ketones is 1. The molecule has 0 aromatic heterocycles. The fourth-order valence-corrected chi connectivity index (χ4v) is 3.05. The number of benzene rings is 1. The number of hydrogen-bond acceptors (Lipinski definition) is 1. The Balaban J connectivity index is 1.97. The first kappa shape index (κ1) is 11.8. The lowest BCUT2D eigenvalue weighted by atomic mass is 9.96. The number of halogens is 1. The normalized spacial score (nSPS) is 24.6. The Hall–Kier alpha value is -0.630. The third kappa shape index (κ3) is 2.73. The van der Waals surface area contributed by atoms with Crippen LogP contribution in [-0.2, 0) is 11.2 Å². The molecule has 0 aliphatic heterocycles. The van der Waals surface area contributed by atoms with Crippen LogP contribution in [0.1, 0.15) is 31.7 Å². The van der Waals surface area contributed by atoms with Gasteiger partial charge in [0.25, 0.3) is 0 Å². The van der Waals surface area contributed by atoms with Crippen molar-refractivity contribution in [3.63, 3.8) is 0 Å². The molecule has 1 nitrogen and oxygen atoms in total. The minimum atomic E-state index is 0.326. The van der Waals surface area contributed by atoms with Crippen LogP contribution < -0.4 is 0 Å². The molecular formula is C14H17BrO. The highest BCUT2D eigenvalue weighted by molar-refractivity contribution is 9.10. The minimum Gasteiger partial charge on any atom is -0.300 e. The standard InChI is InChI=1S/C14H17BrO/c1-10(16)12-7-6-11(8-12)9-13-4-2-3-5-14(13)15/h2-5,11-12H,6-9H2,1H3/t11-,12-/m1/s1. The van der Waals surface area contributed by atoms with Gasteiger partial charge in [-0.3, -0.25) is 4.79 Å². The van der Waals surface area contributed by atoms with Crippen molar-refractivity contribution in [1.82, 2.24) is 0 Å². The third-order valence-corrected chi connectivity index (χ3v) is 4.36. The Bertz CT molecular complexity index is 386. The monoisotopic (exact) mass is 280 g/mol. The quantitative estimate of drug-likeness (QED) is 0.818. The first-order valence-electron chi connectivity index (χ1n) is 5.90. The molecule has 1 aliphatic rings. The SMILES string of the molecule is CC(=O)[C@@H]1CC[C@@H](Cc2ccccc2Br)C1. The molecule has 1 aliphatic carbocycles. The van der Waals surface area contributed by atoms with Gasteiger partial charge in [0, 0.05) is 10.4 Å². The minimum absolute atomic E-state index is 0.326. The van der Waals surface area contributed by atoms with E-state index in [1.807, 2.05) is 6.07 Å². The van der Waals surface area contributed by atoms with Crippen molar-refractivity contribution in [2.24, 2.45) is 11.8 Å². The summed E-state index contributed by atoms with van der Waals surface area (Å²) >= 11 is 3.58. The zero-order valence-electron chi connectivity index (χ0n) is 9.58. The van der Waals surface area contributed by atoms with Crippen LogP contribution in [0.5, 0.6) is 0 Å². The van der Waals surface area contributed by atoms with Gasteiger partial charge in [-0.15, -0.1) is 0 Å². The number of Topliss-reactive ketones (excluding diaryl/α,β-unsaturated/α-hetero) is 1. The van der Waals surface area contributed by atoms with E-state index in [1.165, 1.54) is 16.5 Å². The molecule has 0 unspecified atom stereocenters. The molecule has 2 heteroatoms. The van der Waals surface area contributed by atoms with E-state index in [-0.39, 0.29) is 0 Å². The lowest BCUT2D eigenvalue weighted by molar-refractivity contribution is -0.120. The van der Waals surface area contributed by atoms with Crippen LogP contribution in [0.15, 0.2) is 28.7 Å². The van der Waals surface area contributed by atoms with E-state index in [9.17, 15) is 4.79 Å². The second-order valence-electron chi connectivity index (χ2n) is 4.78. The molecule has 1 fully saturated rings. The van der Waals surface area contributed by atoms with E-state index < -0.39 is 0 Å². The van der Waals surface area contributed by atoms with Gasteiger partial charge in [0.2, 0.25) is 0 Å².